The van der Waals surface area contributed by atoms with Crippen molar-refractivity contribution in [1.82, 2.24) is 24.6 Å². The van der Waals surface area contributed by atoms with E-state index >= 15 is 0 Å². The van der Waals surface area contributed by atoms with Crippen molar-refractivity contribution in [3.63, 3.8) is 0 Å². The summed E-state index contributed by atoms with van der Waals surface area (Å²) in [6.45, 7) is 4.24. The number of hydrogen-bond donors (Lipinski definition) is 1. The van der Waals surface area contributed by atoms with E-state index in [1.165, 1.54) is 6.33 Å². The van der Waals surface area contributed by atoms with Gasteiger partial charge in [-0.15, -0.1) is 0 Å². The second kappa shape index (κ2) is 4.77. The first-order valence-electron chi connectivity index (χ1n) is 6.84. The number of likely N-dealkylation sites (tertiary alicyclic amines) is 1. The summed E-state index contributed by atoms with van der Waals surface area (Å²) in [6, 6.07) is 0.389. The number of fused-ring (bicyclic) bond motifs is 1. The summed E-state index contributed by atoms with van der Waals surface area (Å²) >= 11 is 0. The zero-order valence-corrected chi connectivity index (χ0v) is 11.4. The van der Waals surface area contributed by atoms with Gasteiger partial charge in [-0.05, 0) is 39.4 Å². The molecule has 1 fully saturated rings. The molecule has 19 heavy (non-hydrogen) atoms. The fraction of sp³-hybridized carbons (Fsp3) is 0.615. The minimum atomic E-state index is -0.147. The van der Waals surface area contributed by atoms with E-state index < -0.39 is 0 Å². The molecule has 3 rings (SSSR count). The summed E-state index contributed by atoms with van der Waals surface area (Å²) in [5.74, 6) is 0. The average molecular weight is 261 g/mol. The van der Waals surface area contributed by atoms with Gasteiger partial charge in [-0.2, -0.15) is 5.10 Å². The molecule has 6 heteroatoms. The third-order valence-electron chi connectivity index (χ3n) is 3.96. The number of nitrogens with zero attached hydrogens (tertiary/aromatic N) is 4. The van der Waals surface area contributed by atoms with Crippen molar-refractivity contribution in [2.24, 2.45) is 0 Å². The topological polar surface area (TPSA) is 66.8 Å². The van der Waals surface area contributed by atoms with E-state index in [-0.39, 0.29) is 5.56 Å². The van der Waals surface area contributed by atoms with Gasteiger partial charge in [-0.1, -0.05) is 6.92 Å². The fourth-order valence-electron chi connectivity index (χ4n) is 2.84. The summed E-state index contributed by atoms with van der Waals surface area (Å²) < 4.78 is 2.04. The predicted octanol–water partition coefficient (Wildman–Crippen LogP) is 0.949. The van der Waals surface area contributed by atoms with Gasteiger partial charge in [-0.3, -0.25) is 9.48 Å². The molecule has 0 spiro atoms. The van der Waals surface area contributed by atoms with E-state index in [9.17, 15) is 4.79 Å². The van der Waals surface area contributed by atoms with Crippen LogP contribution in [-0.2, 0) is 6.42 Å². The van der Waals surface area contributed by atoms with E-state index in [0.29, 0.717) is 11.6 Å². The molecule has 2 aromatic rings. The van der Waals surface area contributed by atoms with Crippen LogP contribution in [0.1, 0.15) is 31.5 Å². The molecular weight excluding hydrogens is 242 g/mol. The fourth-order valence-corrected chi connectivity index (χ4v) is 2.84. The molecule has 0 aliphatic carbocycles. The Morgan fingerprint density at radius 1 is 1.37 bits per heavy atom. The number of piperidine rings is 1. The van der Waals surface area contributed by atoms with Gasteiger partial charge in [0.1, 0.15) is 5.52 Å². The van der Waals surface area contributed by atoms with Gasteiger partial charge in [0.2, 0.25) is 0 Å². The van der Waals surface area contributed by atoms with Crippen molar-refractivity contribution in [2.45, 2.75) is 32.2 Å². The van der Waals surface area contributed by atoms with Crippen molar-refractivity contribution in [3.05, 3.63) is 22.4 Å². The molecule has 1 N–H and O–H groups in total. The van der Waals surface area contributed by atoms with Gasteiger partial charge >= 0.3 is 0 Å². The summed E-state index contributed by atoms with van der Waals surface area (Å²) in [5, 5.41) is 4.52. The molecule has 1 aliphatic rings. The first-order chi connectivity index (χ1) is 9.20. The average Bonchev–Trinajstić information content (AvgIpc) is 2.79. The quantitative estimate of drug-likeness (QED) is 0.874. The van der Waals surface area contributed by atoms with E-state index in [4.69, 9.17) is 0 Å². The maximum Gasteiger partial charge on any atom is 0.279 e. The highest BCUT2D eigenvalue weighted by atomic mass is 16.1. The molecule has 0 saturated carbocycles. The minimum Gasteiger partial charge on any atom is -0.311 e. The first kappa shape index (κ1) is 12.3. The standard InChI is InChI=1S/C13H19N5O/c1-3-10-11-12(13(19)15-8-14-11)16-18(10)9-4-6-17(2)7-5-9/h8-9H,3-7H2,1-2H3,(H,14,15,19). The van der Waals surface area contributed by atoms with Crippen molar-refractivity contribution in [2.75, 3.05) is 20.1 Å². The third-order valence-corrected chi connectivity index (χ3v) is 3.96. The first-order valence-corrected chi connectivity index (χ1v) is 6.84. The van der Waals surface area contributed by atoms with Crippen LogP contribution in [0.2, 0.25) is 0 Å². The molecule has 0 atom stereocenters. The van der Waals surface area contributed by atoms with Gasteiger partial charge in [0, 0.05) is 0 Å². The lowest BCUT2D eigenvalue weighted by atomic mass is 10.1. The Balaban J connectivity index is 2.08. The molecule has 0 bridgehead atoms. The number of aromatic amines is 1. The summed E-state index contributed by atoms with van der Waals surface area (Å²) in [5.41, 5.74) is 2.16. The van der Waals surface area contributed by atoms with Crippen LogP contribution in [0.25, 0.3) is 11.0 Å². The van der Waals surface area contributed by atoms with E-state index in [0.717, 1.165) is 43.6 Å². The van der Waals surface area contributed by atoms with Gasteiger partial charge < -0.3 is 9.88 Å². The van der Waals surface area contributed by atoms with Crippen molar-refractivity contribution in [1.29, 1.82) is 0 Å². The minimum absolute atomic E-state index is 0.147. The highest BCUT2D eigenvalue weighted by Crippen LogP contribution is 2.25. The monoisotopic (exact) mass is 261 g/mol. The SMILES string of the molecule is CCc1c2nc[nH]c(=O)c2nn1C1CCN(C)CC1. The zero-order valence-electron chi connectivity index (χ0n) is 11.4. The summed E-state index contributed by atoms with van der Waals surface area (Å²) in [7, 11) is 2.14. The lowest BCUT2D eigenvalue weighted by Crippen LogP contribution is -2.32. The molecule has 6 nitrogen and oxygen atoms in total. The van der Waals surface area contributed by atoms with Crippen LogP contribution < -0.4 is 5.56 Å². The van der Waals surface area contributed by atoms with Crippen LogP contribution in [-0.4, -0.2) is 44.8 Å². The Morgan fingerprint density at radius 2 is 2.11 bits per heavy atom. The van der Waals surface area contributed by atoms with Gasteiger partial charge in [0.25, 0.3) is 5.56 Å². The van der Waals surface area contributed by atoms with E-state index in [1.807, 2.05) is 4.68 Å². The Hall–Kier alpha value is -1.69. The number of rotatable bonds is 2. The summed E-state index contributed by atoms with van der Waals surface area (Å²) in [4.78, 5) is 21.0. The van der Waals surface area contributed by atoms with Crippen LogP contribution in [0.3, 0.4) is 0 Å². The van der Waals surface area contributed by atoms with Crippen molar-refractivity contribution in [3.8, 4) is 0 Å². The van der Waals surface area contributed by atoms with Gasteiger partial charge in [0.15, 0.2) is 5.52 Å². The molecule has 1 saturated heterocycles. The molecule has 102 valence electrons. The normalized spacial score (nSPS) is 18.2. The van der Waals surface area contributed by atoms with Crippen LogP contribution in [0, 0.1) is 0 Å². The van der Waals surface area contributed by atoms with E-state index in [1.54, 1.807) is 0 Å². The highest BCUT2D eigenvalue weighted by molar-refractivity contribution is 5.75. The largest absolute Gasteiger partial charge is 0.311 e. The van der Waals surface area contributed by atoms with Gasteiger partial charge in [-0.25, -0.2) is 4.98 Å². The van der Waals surface area contributed by atoms with Gasteiger partial charge in [0.05, 0.1) is 18.1 Å². The Morgan fingerprint density at radius 3 is 2.79 bits per heavy atom. The number of H-pyrrole nitrogens is 1. The molecule has 0 unspecified atom stereocenters. The Kier molecular flexibility index (Phi) is 3.10. The number of nitrogens with one attached hydrogen (secondary N) is 1. The number of aromatic nitrogens is 4. The van der Waals surface area contributed by atoms with Crippen molar-refractivity contribution < 1.29 is 0 Å². The van der Waals surface area contributed by atoms with Crippen LogP contribution >= 0.6 is 0 Å². The highest BCUT2D eigenvalue weighted by Gasteiger charge is 2.23. The third kappa shape index (κ3) is 2.06. The Labute approximate surface area is 111 Å². The molecule has 2 aromatic heterocycles. The number of hydrogen-bond acceptors (Lipinski definition) is 4. The van der Waals surface area contributed by atoms with Crippen LogP contribution in [0.15, 0.2) is 11.1 Å². The molecule has 1 aliphatic heterocycles. The maximum absolute atomic E-state index is 11.8. The zero-order chi connectivity index (χ0) is 13.4. The lowest BCUT2D eigenvalue weighted by Gasteiger charge is -2.29. The number of aryl methyl sites for hydroxylation is 1. The smallest absolute Gasteiger partial charge is 0.279 e. The maximum atomic E-state index is 11.8. The predicted molar refractivity (Wildman–Crippen MR) is 73.3 cm³/mol. The summed E-state index contributed by atoms with van der Waals surface area (Å²) in [6.07, 6.45) is 4.47. The lowest BCUT2D eigenvalue weighted by molar-refractivity contribution is 0.210. The van der Waals surface area contributed by atoms with E-state index in [2.05, 4.69) is 33.9 Å². The Bertz CT molecular complexity index is 636. The molecule has 0 radical (unpaired) electrons. The van der Waals surface area contributed by atoms with Crippen molar-refractivity contribution >= 4 is 11.0 Å². The second-order valence-electron chi connectivity index (χ2n) is 5.21. The molecule has 3 heterocycles. The molecule has 0 amide bonds. The molecular formula is C13H19N5O. The molecule has 0 aromatic carbocycles. The van der Waals surface area contributed by atoms with Crippen LogP contribution in [0.4, 0.5) is 0 Å². The second-order valence-corrected chi connectivity index (χ2v) is 5.21. The van der Waals surface area contributed by atoms with Crippen LogP contribution in [0.5, 0.6) is 0 Å².